The van der Waals surface area contributed by atoms with E-state index in [0.717, 1.165) is 45.1 Å². The standard InChI is InChI=1S/C17H36N4O.HI/c1-5-22-14-10-7-11-19-16(18-4)20-15-17(2,3)21-12-8-6-9-13-21;/h5-15H2,1-4H3,(H2,18,19,20);1H. The summed E-state index contributed by atoms with van der Waals surface area (Å²) in [7, 11) is 1.84. The highest BCUT2D eigenvalue weighted by Crippen LogP contribution is 2.19. The van der Waals surface area contributed by atoms with E-state index in [1.807, 2.05) is 14.0 Å². The Kier molecular flexibility index (Phi) is 13.2. The Hall–Kier alpha value is -0.0800. The van der Waals surface area contributed by atoms with Crippen molar-refractivity contribution in [2.45, 2.75) is 58.4 Å². The number of rotatable bonds is 9. The number of nitrogens with one attached hydrogen (secondary N) is 2. The van der Waals surface area contributed by atoms with Crippen LogP contribution in [0.3, 0.4) is 0 Å². The maximum absolute atomic E-state index is 5.35. The van der Waals surface area contributed by atoms with Gasteiger partial charge >= 0.3 is 0 Å². The summed E-state index contributed by atoms with van der Waals surface area (Å²) in [6.45, 7) is 12.6. The number of piperidine rings is 1. The Bertz CT molecular complexity index is 318. The van der Waals surface area contributed by atoms with Crippen LogP contribution in [0.15, 0.2) is 4.99 Å². The zero-order chi connectivity index (χ0) is 16.3. The number of nitrogens with zero attached hydrogens (tertiary/aromatic N) is 2. The Balaban J connectivity index is 0.00000484. The fourth-order valence-electron chi connectivity index (χ4n) is 2.81. The van der Waals surface area contributed by atoms with Crippen molar-refractivity contribution < 1.29 is 4.74 Å². The molecule has 0 aliphatic carbocycles. The summed E-state index contributed by atoms with van der Waals surface area (Å²) in [5.74, 6) is 0.904. The molecule has 1 saturated heterocycles. The molecule has 1 aliphatic heterocycles. The number of hydrogen-bond acceptors (Lipinski definition) is 3. The zero-order valence-corrected chi connectivity index (χ0v) is 17.8. The lowest BCUT2D eigenvalue weighted by atomic mass is 9.98. The van der Waals surface area contributed by atoms with Gasteiger partial charge in [0.2, 0.25) is 0 Å². The summed E-state index contributed by atoms with van der Waals surface area (Å²) in [6, 6.07) is 0. The van der Waals surface area contributed by atoms with Gasteiger partial charge in [-0.15, -0.1) is 24.0 Å². The van der Waals surface area contributed by atoms with Crippen molar-refractivity contribution >= 4 is 29.9 Å². The first-order chi connectivity index (χ1) is 10.6. The number of halogens is 1. The van der Waals surface area contributed by atoms with Gasteiger partial charge in [-0.2, -0.15) is 0 Å². The summed E-state index contributed by atoms with van der Waals surface area (Å²) < 4.78 is 5.35. The van der Waals surface area contributed by atoms with Crippen LogP contribution in [0.25, 0.3) is 0 Å². The molecular weight excluding hydrogens is 403 g/mol. The second kappa shape index (κ2) is 13.2. The van der Waals surface area contributed by atoms with Gasteiger partial charge in [-0.05, 0) is 59.5 Å². The van der Waals surface area contributed by atoms with E-state index in [1.54, 1.807) is 0 Å². The molecule has 0 bridgehead atoms. The summed E-state index contributed by atoms with van der Waals surface area (Å²) in [4.78, 5) is 6.91. The fraction of sp³-hybridized carbons (Fsp3) is 0.941. The van der Waals surface area contributed by atoms with Crippen LogP contribution in [0.1, 0.15) is 52.9 Å². The van der Waals surface area contributed by atoms with Gasteiger partial charge in [0.1, 0.15) is 0 Å². The summed E-state index contributed by atoms with van der Waals surface area (Å²) in [6.07, 6.45) is 6.24. The van der Waals surface area contributed by atoms with Gasteiger partial charge in [0.25, 0.3) is 0 Å². The molecule has 0 unspecified atom stereocenters. The number of likely N-dealkylation sites (tertiary alicyclic amines) is 1. The highest BCUT2D eigenvalue weighted by Gasteiger charge is 2.27. The quantitative estimate of drug-likeness (QED) is 0.251. The Labute approximate surface area is 160 Å². The predicted molar refractivity (Wildman–Crippen MR) is 110 cm³/mol. The number of guanidine groups is 1. The van der Waals surface area contributed by atoms with Crippen LogP contribution >= 0.6 is 24.0 Å². The van der Waals surface area contributed by atoms with Crippen molar-refractivity contribution in [3.63, 3.8) is 0 Å². The minimum Gasteiger partial charge on any atom is -0.382 e. The van der Waals surface area contributed by atoms with E-state index in [-0.39, 0.29) is 29.5 Å². The smallest absolute Gasteiger partial charge is 0.191 e. The molecule has 1 heterocycles. The summed E-state index contributed by atoms with van der Waals surface area (Å²) >= 11 is 0. The van der Waals surface area contributed by atoms with Crippen LogP contribution in [-0.4, -0.2) is 62.8 Å². The van der Waals surface area contributed by atoms with Gasteiger partial charge in [0, 0.05) is 38.9 Å². The minimum atomic E-state index is 0. The molecule has 0 aromatic carbocycles. The number of unbranched alkanes of at least 4 members (excludes halogenated alkanes) is 1. The van der Waals surface area contributed by atoms with Crippen LogP contribution in [0, 0.1) is 0 Å². The molecule has 6 heteroatoms. The lowest BCUT2D eigenvalue weighted by Crippen LogP contribution is -2.54. The molecule has 0 saturated carbocycles. The largest absolute Gasteiger partial charge is 0.382 e. The van der Waals surface area contributed by atoms with E-state index in [1.165, 1.54) is 32.4 Å². The van der Waals surface area contributed by atoms with Gasteiger partial charge in [-0.3, -0.25) is 9.89 Å². The average molecular weight is 440 g/mol. The minimum absolute atomic E-state index is 0. The highest BCUT2D eigenvalue weighted by molar-refractivity contribution is 14.0. The second-order valence-corrected chi connectivity index (χ2v) is 6.62. The number of aliphatic imine (C=N–C) groups is 1. The first-order valence-electron chi connectivity index (χ1n) is 8.87. The average Bonchev–Trinajstić information content (AvgIpc) is 2.54. The molecule has 0 amide bonds. The molecule has 5 nitrogen and oxygen atoms in total. The Morgan fingerprint density at radius 3 is 2.43 bits per heavy atom. The SMILES string of the molecule is CCOCCCCNC(=NC)NCC(C)(C)N1CCCCC1.I. The van der Waals surface area contributed by atoms with Crippen LogP contribution in [0.4, 0.5) is 0 Å². The molecule has 1 fully saturated rings. The fourth-order valence-corrected chi connectivity index (χ4v) is 2.81. The maximum Gasteiger partial charge on any atom is 0.191 e. The third-order valence-electron chi connectivity index (χ3n) is 4.34. The van der Waals surface area contributed by atoms with E-state index in [9.17, 15) is 0 Å². The van der Waals surface area contributed by atoms with E-state index in [4.69, 9.17) is 4.74 Å². The zero-order valence-electron chi connectivity index (χ0n) is 15.5. The molecule has 1 aliphatic rings. The van der Waals surface area contributed by atoms with E-state index < -0.39 is 0 Å². The lowest BCUT2D eigenvalue weighted by molar-refractivity contribution is 0.0982. The number of hydrogen-bond donors (Lipinski definition) is 2. The van der Waals surface area contributed by atoms with Crippen LogP contribution in [0.5, 0.6) is 0 Å². The molecule has 0 aromatic rings. The summed E-state index contributed by atoms with van der Waals surface area (Å²) in [5.41, 5.74) is 0.174. The maximum atomic E-state index is 5.35. The predicted octanol–water partition coefficient (Wildman–Crippen LogP) is 2.85. The normalized spacial score (nSPS) is 16.8. The van der Waals surface area contributed by atoms with E-state index in [0.29, 0.717) is 0 Å². The third-order valence-corrected chi connectivity index (χ3v) is 4.34. The van der Waals surface area contributed by atoms with Crippen molar-refractivity contribution in [1.82, 2.24) is 15.5 Å². The number of ether oxygens (including phenoxy) is 1. The topological polar surface area (TPSA) is 48.9 Å². The second-order valence-electron chi connectivity index (χ2n) is 6.62. The molecule has 0 radical (unpaired) electrons. The van der Waals surface area contributed by atoms with Crippen LogP contribution in [-0.2, 0) is 4.74 Å². The first kappa shape index (κ1) is 22.9. The molecule has 0 aromatic heterocycles. The van der Waals surface area contributed by atoms with E-state index in [2.05, 4.69) is 34.4 Å². The van der Waals surface area contributed by atoms with Gasteiger partial charge < -0.3 is 15.4 Å². The van der Waals surface area contributed by atoms with Crippen molar-refractivity contribution in [2.24, 2.45) is 4.99 Å². The molecule has 0 atom stereocenters. The van der Waals surface area contributed by atoms with Crippen molar-refractivity contribution in [1.29, 1.82) is 0 Å². The van der Waals surface area contributed by atoms with Gasteiger partial charge in [-0.1, -0.05) is 6.42 Å². The van der Waals surface area contributed by atoms with E-state index >= 15 is 0 Å². The van der Waals surface area contributed by atoms with Crippen molar-refractivity contribution in [2.75, 3.05) is 46.4 Å². The molecule has 23 heavy (non-hydrogen) atoms. The highest BCUT2D eigenvalue weighted by atomic mass is 127. The van der Waals surface area contributed by atoms with Gasteiger partial charge in [-0.25, -0.2) is 0 Å². The van der Waals surface area contributed by atoms with Gasteiger partial charge in [0.05, 0.1) is 0 Å². The molecule has 0 spiro atoms. The van der Waals surface area contributed by atoms with Crippen LogP contribution in [0.2, 0.25) is 0 Å². The third kappa shape index (κ3) is 9.72. The van der Waals surface area contributed by atoms with Crippen LogP contribution < -0.4 is 10.6 Å². The lowest BCUT2D eigenvalue weighted by Gasteiger charge is -2.41. The molecular formula is C17H37IN4O. The summed E-state index contributed by atoms with van der Waals surface area (Å²) in [5, 5.41) is 6.86. The van der Waals surface area contributed by atoms with Gasteiger partial charge in [0.15, 0.2) is 5.96 Å². The van der Waals surface area contributed by atoms with Crippen molar-refractivity contribution in [3.8, 4) is 0 Å². The first-order valence-corrected chi connectivity index (χ1v) is 8.87. The molecule has 138 valence electrons. The van der Waals surface area contributed by atoms with Crippen molar-refractivity contribution in [3.05, 3.63) is 0 Å². The molecule has 1 rings (SSSR count). The monoisotopic (exact) mass is 440 g/mol. The Morgan fingerprint density at radius 2 is 1.83 bits per heavy atom. The Morgan fingerprint density at radius 1 is 1.13 bits per heavy atom. The molecule has 2 N–H and O–H groups in total.